The number of methoxy groups -OCH3 is 1. The molecule has 1 aromatic carbocycles. The van der Waals surface area contributed by atoms with Crippen LogP contribution in [0, 0.1) is 6.92 Å². The smallest absolute Gasteiger partial charge is 0.260 e. The Hall–Kier alpha value is -3.39. The second-order valence-corrected chi connectivity index (χ2v) is 6.38. The van der Waals surface area contributed by atoms with Crippen molar-refractivity contribution in [1.82, 2.24) is 9.55 Å². The molecular formula is C20H19N3O5. The Kier molecular flexibility index (Phi) is 4.70. The van der Waals surface area contributed by atoms with Gasteiger partial charge in [-0.15, -0.1) is 0 Å². The lowest BCUT2D eigenvalue weighted by atomic mass is 10.1. The summed E-state index contributed by atoms with van der Waals surface area (Å²) in [5.74, 6) is 0.864. The maximum absolute atomic E-state index is 12.8. The molecular weight excluding hydrogens is 362 g/mol. The lowest BCUT2D eigenvalue weighted by Gasteiger charge is -2.11. The molecule has 1 aliphatic heterocycles. The van der Waals surface area contributed by atoms with E-state index in [-0.39, 0.29) is 18.3 Å². The fraction of sp³-hybridized carbons (Fsp3) is 0.250. The molecule has 1 aliphatic rings. The minimum Gasteiger partial charge on any atom is -0.454 e. The van der Waals surface area contributed by atoms with Crippen LogP contribution in [-0.4, -0.2) is 36.0 Å². The van der Waals surface area contributed by atoms with E-state index in [1.165, 1.54) is 0 Å². The van der Waals surface area contributed by atoms with Crippen LogP contribution in [-0.2, 0) is 11.3 Å². The highest BCUT2D eigenvalue weighted by atomic mass is 16.7. The predicted octanol–water partition coefficient (Wildman–Crippen LogP) is 2.33. The molecule has 0 bridgehead atoms. The van der Waals surface area contributed by atoms with Gasteiger partial charge in [0.15, 0.2) is 11.5 Å². The molecule has 3 heterocycles. The van der Waals surface area contributed by atoms with Gasteiger partial charge in [0.2, 0.25) is 6.79 Å². The molecule has 4 rings (SSSR count). The molecule has 0 radical (unpaired) electrons. The van der Waals surface area contributed by atoms with E-state index in [2.05, 4.69) is 10.3 Å². The van der Waals surface area contributed by atoms with Crippen molar-refractivity contribution in [1.29, 1.82) is 0 Å². The van der Waals surface area contributed by atoms with Crippen molar-refractivity contribution in [2.75, 3.05) is 25.8 Å². The number of carbonyl (C=O) groups excluding carboxylic acids is 1. The van der Waals surface area contributed by atoms with Gasteiger partial charge in [0, 0.05) is 31.6 Å². The summed E-state index contributed by atoms with van der Waals surface area (Å²) in [6, 6.07) is 8.51. The summed E-state index contributed by atoms with van der Waals surface area (Å²) in [6.07, 6.45) is 1.68. The summed E-state index contributed by atoms with van der Waals surface area (Å²) in [7, 11) is 1.58. The third-order valence-electron chi connectivity index (χ3n) is 4.56. The summed E-state index contributed by atoms with van der Waals surface area (Å²) < 4.78 is 17.2. The maximum atomic E-state index is 12.8. The van der Waals surface area contributed by atoms with Crippen LogP contribution in [0.25, 0.3) is 10.9 Å². The van der Waals surface area contributed by atoms with Crippen LogP contribution in [0.4, 0.5) is 5.69 Å². The number of nitrogens with one attached hydrogen (secondary N) is 1. The van der Waals surface area contributed by atoms with E-state index in [0.29, 0.717) is 52.5 Å². The molecule has 0 aliphatic carbocycles. The Balaban J connectivity index is 1.67. The minimum absolute atomic E-state index is 0.162. The molecule has 0 atom stereocenters. The number of fused-ring (bicyclic) bond motifs is 2. The van der Waals surface area contributed by atoms with Crippen molar-refractivity contribution in [3.05, 3.63) is 58.1 Å². The number of hydrogen-bond acceptors (Lipinski definition) is 6. The number of hydrogen-bond donors (Lipinski definition) is 1. The number of aryl methyl sites for hydroxylation is 1. The van der Waals surface area contributed by atoms with E-state index in [0.717, 1.165) is 0 Å². The lowest BCUT2D eigenvalue weighted by Crippen LogP contribution is -2.23. The standard InChI is InChI=1S/C20H19N3O5/c1-12-14(19(24)22-13-3-4-17-18(9-13)28-11-27-17)10-15-16(21-12)5-6-23(20(15)25)7-8-26-2/h3-6,9-10H,7-8,11H2,1-2H3,(H,22,24). The number of anilines is 1. The van der Waals surface area contributed by atoms with Crippen molar-refractivity contribution in [3.8, 4) is 11.5 Å². The predicted molar refractivity (Wildman–Crippen MR) is 103 cm³/mol. The zero-order chi connectivity index (χ0) is 19.7. The number of ether oxygens (including phenoxy) is 3. The monoisotopic (exact) mass is 381 g/mol. The molecule has 144 valence electrons. The summed E-state index contributed by atoms with van der Waals surface area (Å²) in [4.78, 5) is 29.9. The summed E-state index contributed by atoms with van der Waals surface area (Å²) in [6.45, 7) is 2.75. The third kappa shape index (κ3) is 3.29. The fourth-order valence-electron chi connectivity index (χ4n) is 3.07. The summed E-state index contributed by atoms with van der Waals surface area (Å²) in [5, 5.41) is 3.21. The molecule has 28 heavy (non-hydrogen) atoms. The quantitative estimate of drug-likeness (QED) is 0.729. The minimum atomic E-state index is -0.350. The molecule has 8 nitrogen and oxygen atoms in total. The second-order valence-electron chi connectivity index (χ2n) is 6.38. The number of nitrogens with zero attached hydrogens (tertiary/aromatic N) is 2. The van der Waals surface area contributed by atoms with Crippen molar-refractivity contribution >= 4 is 22.5 Å². The van der Waals surface area contributed by atoms with Crippen LogP contribution in [0.3, 0.4) is 0 Å². The highest BCUT2D eigenvalue weighted by Crippen LogP contribution is 2.34. The SMILES string of the molecule is COCCn1ccc2nc(C)c(C(=O)Nc3ccc4c(c3)OCO4)cc2c1=O. The topological polar surface area (TPSA) is 91.7 Å². The van der Waals surface area contributed by atoms with Crippen molar-refractivity contribution in [2.45, 2.75) is 13.5 Å². The molecule has 0 unspecified atom stereocenters. The van der Waals surface area contributed by atoms with E-state index < -0.39 is 0 Å². The van der Waals surface area contributed by atoms with Gasteiger partial charge in [0.05, 0.1) is 28.8 Å². The van der Waals surface area contributed by atoms with Crippen LogP contribution in [0.1, 0.15) is 16.1 Å². The van der Waals surface area contributed by atoms with Crippen LogP contribution in [0.5, 0.6) is 11.5 Å². The maximum Gasteiger partial charge on any atom is 0.260 e. The molecule has 1 amide bonds. The number of carbonyl (C=O) groups is 1. The van der Waals surface area contributed by atoms with E-state index >= 15 is 0 Å². The third-order valence-corrected chi connectivity index (χ3v) is 4.56. The van der Waals surface area contributed by atoms with Crippen LogP contribution < -0.4 is 20.3 Å². The van der Waals surface area contributed by atoms with Gasteiger partial charge in [-0.3, -0.25) is 14.6 Å². The number of benzene rings is 1. The van der Waals surface area contributed by atoms with E-state index in [4.69, 9.17) is 14.2 Å². The average molecular weight is 381 g/mol. The average Bonchev–Trinajstić information content (AvgIpc) is 3.15. The van der Waals surface area contributed by atoms with E-state index in [1.54, 1.807) is 55.1 Å². The normalized spacial score (nSPS) is 12.4. The van der Waals surface area contributed by atoms with Crippen molar-refractivity contribution in [2.24, 2.45) is 0 Å². The molecule has 0 saturated carbocycles. The molecule has 0 fully saturated rings. The largest absolute Gasteiger partial charge is 0.454 e. The Morgan fingerprint density at radius 1 is 1.25 bits per heavy atom. The zero-order valence-electron chi connectivity index (χ0n) is 15.5. The van der Waals surface area contributed by atoms with E-state index in [1.807, 2.05) is 0 Å². The molecule has 3 aromatic rings. The first-order chi connectivity index (χ1) is 13.6. The zero-order valence-corrected chi connectivity index (χ0v) is 15.5. The van der Waals surface area contributed by atoms with Crippen molar-refractivity contribution in [3.63, 3.8) is 0 Å². The van der Waals surface area contributed by atoms with Crippen molar-refractivity contribution < 1.29 is 19.0 Å². The number of amides is 1. The van der Waals surface area contributed by atoms with Gasteiger partial charge in [-0.25, -0.2) is 0 Å². The summed E-state index contributed by atoms with van der Waals surface area (Å²) >= 11 is 0. The Labute approximate surface area is 160 Å². The first-order valence-electron chi connectivity index (χ1n) is 8.77. The molecule has 1 N–H and O–H groups in total. The Bertz CT molecular complexity index is 1120. The highest BCUT2D eigenvalue weighted by molar-refractivity contribution is 6.06. The van der Waals surface area contributed by atoms with E-state index in [9.17, 15) is 9.59 Å². The van der Waals surface area contributed by atoms with Gasteiger partial charge in [-0.1, -0.05) is 0 Å². The fourth-order valence-corrected chi connectivity index (χ4v) is 3.07. The van der Waals surface area contributed by atoms with Gasteiger partial charge in [-0.05, 0) is 31.2 Å². The van der Waals surface area contributed by atoms with Crippen LogP contribution in [0.15, 0.2) is 41.3 Å². The number of aromatic nitrogens is 2. The molecule has 2 aromatic heterocycles. The lowest BCUT2D eigenvalue weighted by molar-refractivity contribution is 0.102. The van der Waals surface area contributed by atoms with Crippen LogP contribution >= 0.6 is 0 Å². The molecule has 0 saturated heterocycles. The Morgan fingerprint density at radius 3 is 2.89 bits per heavy atom. The van der Waals surface area contributed by atoms with Gasteiger partial charge in [-0.2, -0.15) is 0 Å². The second kappa shape index (κ2) is 7.32. The van der Waals surface area contributed by atoms with Gasteiger partial charge in [0.1, 0.15) is 0 Å². The molecule has 0 spiro atoms. The first-order valence-corrected chi connectivity index (χ1v) is 8.77. The number of rotatable bonds is 5. The van der Waals surface area contributed by atoms with Gasteiger partial charge in [0.25, 0.3) is 11.5 Å². The Morgan fingerprint density at radius 2 is 2.07 bits per heavy atom. The summed E-state index contributed by atoms with van der Waals surface area (Å²) in [5.41, 5.74) is 1.79. The molecule has 8 heteroatoms. The highest BCUT2D eigenvalue weighted by Gasteiger charge is 2.17. The van der Waals surface area contributed by atoms with Gasteiger partial charge >= 0.3 is 0 Å². The van der Waals surface area contributed by atoms with Gasteiger partial charge < -0.3 is 24.1 Å². The van der Waals surface area contributed by atoms with Crippen LogP contribution in [0.2, 0.25) is 0 Å². The first kappa shape index (κ1) is 18.0. The number of pyridine rings is 2.